The third-order valence-corrected chi connectivity index (χ3v) is 5.76. The Bertz CT molecular complexity index is 628. The summed E-state index contributed by atoms with van der Waals surface area (Å²) >= 11 is 7.92. The van der Waals surface area contributed by atoms with Crippen LogP contribution >= 0.6 is 23.4 Å². The average molecular weight is 366 g/mol. The van der Waals surface area contributed by atoms with Gasteiger partial charge in [-0.3, -0.25) is 14.8 Å². The molecule has 1 saturated heterocycles. The summed E-state index contributed by atoms with van der Waals surface area (Å²) in [6, 6.07) is 7.89. The normalized spacial score (nSPS) is 21.8. The molecule has 1 saturated carbocycles. The Morgan fingerprint density at radius 2 is 1.92 bits per heavy atom. The van der Waals surface area contributed by atoms with Crippen molar-refractivity contribution >= 4 is 40.2 Å². The van der Waals surface area contributed by atoms with E-state index in [0.29, 0.717) is 16.9 Å². The summed E-state index contributed by atoms with van der Waals surface area (Å²) < 4.78 is 0. The number of urea groups is 1. The number of amidine groups is 1. The average Bonchev–Trinajstić information content (AvgIpc) is 2.57. The highest BCUT2D eigenvalue weighted by Crippen LogP contribution is 2.33. The molecule has 0 spiro atoms. The first-order valence-electron chi connectivity index (χ1n) is 8.64. The van der Waals surface area contributed by atoms with E-state index in [4.69, 9.17) is 16.6 Å². The van der Waals surface area contributed by atoms with Crippen molar-refractivity contribution < 1.29 is 4.79 Å². The summed E-state index contributed by atoms with van der Waals surface area (Å²) in [5.74, 6) is 0.553. The molecule has 3 rings (SSSR count). The number of halogens is 1. The van der Waals surface area contributed by atoms with Crippen LogP contribution in [0.1, 0.15) is 46.0 Å². The van der Waals surface area contributed by atoms with Crippen LogP contribution in [0.2, 0.25) is 5.02 Å². The second-order valence-electron chi connectivity index (χ2n) is 6.60. The minimum Gasteiger partial charge on any atom is -0.282 e. The molecule has 0 radical (unpaired) electrons. The molecular formula is C18H24ClN3OS. The number of para-hydroxylation sites is 1. The van der Waals surface area contributed by atoms with Gasteiger partial charge in [-0.15, -0.1) is 0 Å². The molecule has 1 aliphatic carbocycles. The lowest BCUT2D eigenvalue weighted by Crippen LogP contribution is -2.53. The Hall–Kier alpha value is -1.20. The predicted molar refractivity (Wildman–Crippen MR) is 103 cm³/mol. The molecule has 1 heterocycles. The minimum atomic E-state index is -0.0357. The second-order valence-corrected chi connectivity index (χ2v) is 7.92. The van der Waals surface area contributed by atoms with Crippen LogP contribution in [0.4, 0.5) is 10.5 Å². The van der Waals surface area contributed by atoms with Crippen LogP contribution in [0.3, 0.4) is 0 Å². The number of nitrogens with zero attached hydrogens (tertiary/aromatic N) is 3. The van der Waals surface area contributed by atoms with Crippen molar-refractivity contribution in [3.8, 4) is 0 Å². The summed E-state index contributed by atoms with van der Waals surface area (Å²) in [6.45, 7) is 4.07. The van der Waals surface area contributed by atoms with Gasteiger partial charge in [0.2, 0.25) is 0 Å². The molecule has 1 aromatic carbocycles. The summed E-state index contributed by atoms with van der Waals surface area (Å²) in [5.41, 5.74) is 0.763. The topological polar surface area (TPSA) is 35.9 Å². The molecule has 1 aromatic rings. The van der Waals surface area contributed by atoms with E-state index in [1.807, 2.05) is 43.0 Å². The fourth-order valence-electron chi connectivity index (χ4n) is 3.21. The summed E-state index contributed by atoms with van der Waals surface area (Å²) in [4.78, 5) is 21.5. The Morgan fingerprint density at radius 3 is 2.58 bits per heavy atom. The molecule has 130 valence electrons. The van der Waals surface area contributed by atoms with E-state index in [1.165, 1.54) is 19.3 Å². The van der Waals surface area contributed by atoms with Gasteiger partial charge in [0.15, 0.2) is 5.17 Å². The standard InChI is InChI=1S/C18H24ClN3OS/c1-13(2)22-17(20-14-8-4-3-5-9-14)24-12-21(18(22)23)16-11-7-6-10-15(16)19/h6-7,10-11,13-14H,3-5,8-9,12H2,1-2H3. The van der Waals surface area contributed by atoms with Gasteiger partial charge in [-0.2, -0.15) is 0 Å². The van der Waals surface area contributed by atoms with E-state index >= 15 is 0 Å². The van der Waals surface area contributed by atoms with Crippen molar-refractivity contribution in [1.29, 1.82) is 0 Å². The van der Waals surface area contributed by atoms with E-state index in [1.54, 1.807) is 16.7 Å². The van der Waals surface area contributed by atoms with E-state index < -0.39 is 0 Å². The smallest absolute Gasteiger partial charge is 0.282 e. The zero-order valence-corrected chi connectivity index (χ0v) is 15.8. The highest BCUT2D eigenvalue weighted by Gasteiger charge is 2.35. The van der Waals surface area contributed by atoms with Gasteiger partial charge in [0.05, 0.1) is 22.6 Å². The maximum Gasteiger partial charge on any atom is 0.331 e. The number of hydrogen-bond donors (Lipinski definition) is 0. The number of carbonyl (C=O) groups is 1. The van der Waals surface area contributed by atoms with E-state index in [0.717, 1.165) is 23.7 Å². The third kappa shape index (κ3) is 3.72. The lowest BCUT2D eigenvalue weighted by molar-refractivity contribution is 0.220. The summed E-state index contributed by atoms with van der Waals surface area (Å²) in [6.07, 6.45) is 6.07. The van der Waals surface area contributed by atoms with Gasteiger partial charge in [-0.1, -0.05) is 54.8 Å². The van der Waals surface area contributed by atoms with Crippen LogP contribution in [0.25, 0.3) is 0 Å². The van der Waals surface area contributed by atoms with E-state index in [-0.39, 0.29) is 12.1 Å². The van der Waals surface area contributed by atoms with Gasteiger partial charge in [-0.25, -0.2) is 4.79 Å². The molecule has 24 heavy (non-hydrogen) atoms. The number of thioether (sulfide) groups is 1. The number of anilines is 1. The lowest BCUT2D eigenvalue weighted by Gasteiger charge is -2.38. The maximum atomic E-state index is 13.1. The lowest BCUT2D eigenvalue weighted by atomic mass is 9.96. The van der Waals surface area contributed by atoms with Gasteiger partial charge in [0.1, 0.15) is 0 Å². The molecule has 0 N–H and O–H groups in total. The highest BCUT2D eigenvalue weighted by molar-refractivity contribution is 8.14. The van der Waals surface area contributed by atoms with Gasteiger partial charge >= 0.3 is 6.03 Å². The van der Waals surface area contributed by atoms with Gasteiger partial charge in [-0.05, 0) is 38.8 Å². The number of rotatable bonds is 3. The Balaban J connectivity index is 1.85. The number of hydrogen-bond acceptors (Lipinski definition) is 3. The molecule has 0 unspecified atom stereocenters. The molecule has 0 bridgehead atoms. The van der Waals surface area contributed by atoms with Crippen molar-refractivity contribution in [1.82, 2.24) is 4.90 Å². The SMILES string of the molecule is CC(C)N1C(=O)N(c2ccccc2Cl)CSC1=NC1CCCCC1. The van der Waals surface area contributed by atoms with Crippen molar-refractivity contribution in [2.75, 3.05) is 10.8 Å². The highest BCUT2D eigenvalue weighted by atomic mass is 35.5. The molecule has 2 fully saturated rings. The van der Waals surface area contributed by atoms with Crippen LogP contribution in [0.15, 0.2) is 29.3 Å². The quantitative estimate of drug-likeness (QED) is 0.721. The molecule has 0 aromatic heterocycles. The minimum absolute atomic E-state index is 0.0357. The van der Waals surface area contributed by atoms with Gasteiger partial charge < -0.3 is 0 Å². The molecule has 0 atom stereocenters. The number of benzene rings is 1. The third-order valence-electron chi connectivity index (χ3n) is 4.49. The van der Waals surface area contributed by atoms with Crippen LogP contribution < -0.4 is 4.90 Å². The van der Waals surface area contributed by atoms with Gasteiger partial charge in [0, 0.05) is 6.04 Å². The van der Waals surface area contributed by atoms with Crippen LogP contribution in [-0.2, 0) is 0 Å². The first-order chi connectivity index (χ1) is 11.6. The monoisotopic (exact) mass is 365 g/mol. The largest absolute Gasteiger partial charge is 0.331 e. The maximum absolute atomic E-state index is 13.1. The fourth-order valence-corrected chi connectivity index (χ4v) is 4.59. The van der Waals surface area contributed by atoms with E-state index in [9.17, 15) is 4.79 Å². The van der Waals surface area contributed by atoms with Gasteiger partial charge in [0.25, 0.3) is 0 Å². The first kappa shape index (κ1) is 17.6. The van der Waals surface area contributed by atoms with Crippen LogP contribution in [-0.4, -0.2) is 34.1 Å². The van der Waals surface area contributed by atoms with Crippen molar-refractivity contribution in [2.45, 2.75) is 58.0 Å². The number of carbonyl (C=O) groups excluding carboxylic acids is 1. The fraction of sp³-hybridized carbons (Fsp3) is 0.556. The molecule has 2 amide bonds. The zero-order valence-electron chi connectivity index (χ0n) is 14.2. The van der Waals surface area contributed by atoms with Crippen LogP contribution in [0, 0.1) is 0 Å². The molecule has 4 nitrogen and oxygen atoms in total. The molecular weight excluding hydrogens is 342 g/mol. The molecule has 2 aliphatic rings. The number of aliphatic imine (C=N–C) groups is 1. The first-order valence-corrected chi connectivity index (χ1v) is 10.00. The summed E-state index contributed by atoms with van der Waals surface area (Å²) in [5, 5.41) is 1.47. The number of amides is 2. The van der Waals surface area contributed by atoms with Crippen molar-refractivity contribution in [2.24, 2.45) is 4.99 Å². The Morgan fingerprint density at radius 1 is 1.21 bits per heavy atom. The molecule has 1 aliphatic heterocycles. The Labute approximate surface area is 153 Å². The van der Waals surface area contributed by atoms with Crippen molar-refractivity contribution in [3.05, 3.63) is 29.3 Å². The van der Waals surface area contributed by atoms with E-state index in [2.05, 4.69) is 0 Å². The Kier molecular flexibility index (Phi) is 5.72. The van der Waals surface area contributed by atoms with Crippen molar-refractivity contribution in [3.63, 3.8) is 0 Å². The zero-order chi connectivity index (χ0) is 17.1. The second kappa shape index (κ2) is 7.79. The molecule has 6 heteroatoms. The summed E-state index contributed by atoms with van der Waals surface area (Å²) in [7, 11) is 0. The predicted octanol–water partition coefficient (Wildman–Crippen LogP) is 5.37. The van der Waals surface area contributed by atoms with Crippen LogP contribution in [0.5, 0.6) is 0 Å².